The molecule has 0 fully saturated rings. The van der Waals surface area contributed by atoms with Crippen molar-refractivity contribution in [2.24, 2.45) is 0 Å². The van der Waals surface area contributed by atoms with Gasteiger partial charge in [0.05, 0.1) is 16.0 Å². The van der Waals surface area contributed by atoms with Crippen LogP contribution in [0.4, 0.5) is 5.82 Å². The number of nitrogens with one attached hydrogen (secondary N) is 1. The summed E-state index contributed by atoms with van der Waals surface area (Å²) >= 11 is 1.54. The molecule has 5 rings (SSSR count). The fourth-order valence-corrected chi connectivity index (χ4v) is 5.70. The number of rotatable bonds is 7. The van der Waals surface area contributed by atoms with Crippen molar-refractivity contribution in [3.05, 3.63) is 90.6 Å². The first-order valence-electron chi connectivity index (χ1n) is 10.4. The molecule has 0 atom stereocenters. The third-order valence-electron chi connectivity index (χ3n) is 5.20. The monoisotopic (exact) mass is 472 g/mol. The molecule has 0 radical (unpaired) electrons. The summed E-state index contributed by atoms with van der Waals surface area (Å²) in [4.78, 5) is 14.9. The molecule has 0 amide bonds. The van der Waals surface area contributed by atoms with Crippen molar-refractivity contribution >= 4 is 37.2 Å². The quantitative estimate of drug-likeness (QED) is 0.346. The zero-order valence-electron chi connectivity index (χ0n) is 17.5. The van der Waals surface area contributed by atoms with Gasteiger partial charge in [0.25, 0.3) is 0 Å². The van der Waals surface area contributed by atoms with E-state index in [1.165, 1.54) is 11.3 Å². The van der Waals surface area contributed by atoms with Gasteiger partial charge in [-0.2, -0.15) is 0 Å². The van der Waals surface area contributed by atoms with Crippen LogP contribution in [-0.2, 0) is 9.84 Å². The molecule has 0 unspecified atom stereocenters. The molecule has 0 aliphatic carbocycles. The van der Waals surface area contributed by atoms with Gasteiger partial charge in [-0.1, -0.05) is 48.5 Å². The number of anilines is 1. The molecule has 0 aliphatic heterocycles. The largest absolute Gasteiger partial charge is 0.368 e. The van der Waals surface area contributed by atoms with E-state index in [1.54, 1.807) is 42.7 Å². The lowest BCUT2D eigenvalue weighted by atomic mass is 10.1. The van der Waals surface area contributed by atoms with Crippen molar-refractivity contribution in [2.45, 2.75) is 4.90 Å². The van der Waals surface area contributed by atoms with Crippen LogP contribution in [0, 0.1) is 0 Å². The number of benzene rings is 2. The highest BCUT2D eigenvalue weighted by molar-refractivity contribution is 7.91. The molecule has 0 spiro atoms. The average molecular weight is 473 g/mol. The van der Waals surface area contributed by atoms with E-state index in [9.17, 15) is 8.42 Å². The van der Waals surface area contributed by atoms with Crippen molar-refractivity contribution < 1.29 is 8.42 Å². The smallest absolute Gasteiger partial charge is 0.180 e. The van der Waals surface area contributed by atoms with Crippen LogP contribution in [0.5, 0.6) is 0 Å². The summed E-state index contributed by atoms with van der Waals surface area (Å²) in [7, 11) is -3.41. The number of hydrogen-bond acceptors (Lipinski definition) is 7. The van der Waals surface area contributed by atoms with Crippen molar-refractivity contribution in [3.8, 4) is 22.5 Å². The van der Waals surface area contributed by atoms with Gasteiger partial charge in [-0.3, -0.25) is 4.98 Å². The van der Waals surface area contributed by atoms with Crippen LogP contribution in [0.15, 0.2) is 95.5 Å². The van der Waals surface area contributed by atoms with Gasteiger partial charge in [0.2, 0.25) is 0 Å². The highest BCUT2D eigenvalue weighted by atomic mass is 32.2. The zero-order chi connectivity index (χ0) is 22.7. The Morgan fingerprint density at radius 2 is 1.58 bits per heavy atom. The number of aromatic nitrogens is 3. The van der Waals surface area contributed by atoms with E-state index in [0.717, 1.165) is 26.9 Å². The van der Waals surface area contributed by atoms with Gasteiger partial charge in [0, 0.05) is 35.4 Å². The van der Waals surface area contributed by atoms with Crippen LogP contribution >= 0.6 is 11.3 Å². The second kappa shape index (κ2) is 9.09. The van der Waals surface area contributed by atoms with Gasteiger partial charge in [-0.05, 0) is 29.8 Å². The molecule has 3 heterocycles. The Hall–Kier alpha value is -3.62. The third kappa shape index (κ3) is 4.48. The predicted octanol–water partition coefficient (Wildman–Crippen LogP) is 5.31. The van der Waals surface area contributed by atoms with Gasteiger partial charge < -0.3 is 5.32 Å². The van der Waals surface area contributed by atoms with E-state index in [2.05, 4.69) is 15.7 Å². The average Bonchev–Trinajstić information content (AvgIpc) is 3.30. The first kappa shape index (κ1) is 21.2. The third-order valence-corrected chi connectivity index (χ3v) is 7.81. The number of nitrogens with zero attached hydrogens (tertiary/aromatic N) is 3. The van der Waals surface area contributed by atoms with E-state index < -0.39 is 9.84 Å². The molecule has 0 aliphatic rings. The fourth-order valence-electron chi connectivity index (χ4n) is 3.57. The SMILES string of the molecule is O=S(=O)(CCNc1nc(-c2cccnc2)nc2scc(-c3ccccc3)c12)c1ccccc1. The van der Waals surface area contributed by atoms with E-state index in [1.807, 2.05) is 42.5 Å². The van der Waals surface area contributed by atoms with Gasteiger partial charge in [0.1, 0.15) is 10.6 Å². The summed E-state index contributed by atoms with van der Waals surface area (Å²) < 4.78 is 25.5. The number of hydrogen-bond donors (Lipinski definition) is 1. The lowest BCUT2D eigenvalue weighted by molar-refractivity contribution is 0.596. The molecule has 0 saturated heterocycles. The predicted molar refractivity (Wildman–Crippen MR) is 133 cm³/mol. The minimum atomic E-state index is -3.41. The second-order valence-corrected chi connectivity index (χ2v) is 10.4. The highest BCUT2D eigenvalue weighted by Gasteiger charge is 2.18. The summed E-state index contributed by atoms with van der Waals surface area (Å²) in [6.45, 7) is 0.222. The molecule has 164 valence electrons. The van der Waals surface area contributed by atoms with E-state index in [0.29, 0.717) is 16.5 Å². The molecular formula is C25H20N4O2S2. The summed E-state index contributed by atoms with van der Waals surface area (Å²) in [5, 5.41) is 6.22. The second-order valence-electron chi connectivity index (χ2n) is 7.39. The number of sulfone groups is 1. The summed E-state index contributed by atoms with van der Waals surface area (Å²) in [5.74, 6) is 1.11. The summed E-state index contributed by atoms with van der Waals surface area (Å²) in [5.41, 5.74) is 2.87. The van der Waals surface area contributed by atoms with Crippen LogP contribution in [0.3, 0.4) is 0 Å². The number of pyridine rings is 1. The first-order chi connectivity index (χ1) is 16.1. The zero-order valence-corrected chi connectivity index (χ0v) is 19.2. The maximum atomic E-state index is 12.7. The van der Waals surface area contributed by atoms with Crippen LogP contribution in [0.2, 0.25) is 0 Å². The Morgan fingerprint density at radius 3 is 2.30 bits per heavy atom. The van der Waals surface area contributed by atoms with Crippen molar-refractivity contribution in [3.63, 3.8) is 0 Å². The Bertz CT molecular complexity index is 1490. The molecular weight excluding hydrogens is 452 g/mol. The Morgan fingerprint density at radius 1 is 0.848 bits per heavy atom. The Kier molecular flexibility index (Phi) is 5.85. The van der Waals surface area contributed by atoms with Crippen molar-refractivity contribution in [1.82, 2.24) is 15.0 Å². The van der Waals surface area contributed by atoms with Gasteiger partial charge in [-0.25, -0.2) is 18.4 Å². The van der Waals surface area contributed by atoms with E-state index in [4.69, 9.17) is 9.97 Å². The summed E-state index contributed by atoms with van der Waals surface area (Å²) in [6, 6.07) is 22.3. The van der Waals surface area contributed by atoms with Crippen LogP contribution in [0.1, 0.15) is 0 Å². The van der Waals surface area contributed by atoms with Crippen molar-refractivity contribution in [1.29, 1.82) is 0 Å². The maximum Gasteiger partial charge on any atom is 0.180 e. The molecule has 6 nitrogen and oxygen atoms in total. The van der Waals surface area contributed by atoms with Crippen LogP contribution in [-0.4, -0.2) is 35.7 Å². The minimum absolute atomic E-state index is 0.0461. The van der Waals surface area contributed by atoms with E-state index in [-0.39, 0.29) is 12.3 Å². The van der Waals surface area contributed by atoms with Crippen molar-refractivity contribution in [2.75, 3.05) is 17.6 Å². The lowest BCUT2D eigenvalue weighted by Crippen LogP contribution is -2.17. The van der Waals surface area contributed by atoms with E-state index >= 15 is 0 Å². The topological polar surface area (TPSA) is 84.8 Å². The van der Waals surface area contributed by atoms with Gasteiger partial charge in [-0.15, -0.1) is 11.3 Å². The molecule has 1 N–H and O–H groups in total. The Labute approximate surface area is 195 Å². The normalized spacial score (nSPS) is 11.5. The molecule has 8 heteroatoms. The van der Waals surface area contributed by atoms with Crippen LogP contribution < -0.4 is 5.32 Å². The van der Waals surface area contributed by atoms with Gasteiger partial charge in [0.15, 0.2) is 15.7 Å². The lowest BCUT2D eigenvalue weighted by Gasteiger charge is -2.11. The fraction of sp³-hybridized carbons (Fsp3) is 0.0800. The minimum Gasteiger partial charge on any atom is -0.368 e. The molecule has 0 saturated carbocycles. The molecule has 33 heavy (non-hydrogen) atoms. The Balaban J connectivity index is 1.53. The van der Waals surface area contributed by atoms with Gasteiger partial charge >= 0.3 is 0 Å². The maximum absolute atomic E-state index is 12.7. The standard InChI is InChI=1S/C25H20N4O2S2/c30-33(31,20-11-5-2-6-12-20)15-14-27-24-22-21(18-8-3-1-4-9-18)17-32-25(22)29-23(28-24)19-10-7-13-26-16-19/h1-13,16-17H,14-15H2,(H,27,28,29). The number of thiophene rings is 1. The molecule has 3 aromatic heterocycles. The van der Waals surface area contributed by atoms with Crippen LogP contribution in [0.25, 0.3) is 32.7 Å². The molecule has 5 aromatic rings. The molecule has 0 bridgehead atoms. The first-order valence-corrected chi connectivity index (χ1v) is 12.9. The highest BCUT2D eigenvalue weighted by Crippen LogP contribution is 2.38. The summed E-state index contributed by atoms with van der Waals surface area (Å²) in [6.07, 6.45) is 3.42. The number of fused-ring (bicyclic) bond motifs is 1. The molecule has 2 aromatic carbocycles.